The van der Waals surface area contributed by atoms with E-state index in [4.69, 9.17) is 15.0 Å². The van der Waals surface area contributed by atoms with Crippen LogP contribution in [-0.2, 0) is 6.54 Å². The summed E-state index contributed by atoms with van der Waals surface area (Å²) in [7, 11) is 0. The van der Waals surface area contributed by atoms with Gasteiger partial charge in [-0.3, -0.25) is 4.98 Å². The van der Waals surface area contributed by atoms with Crippen molar-refractivity contribution in [1.82, 2.24) is 19.9 Å². The molecule has 0 saturated heterocycles. The zero-order valence-electron chi connectivity index (χ0n) is 19.7. The molecular weight excluding hydrogens is 444 g/mol. The Labute approximate surface area is 203 Å². The first kappa shape index (κ1) is 22.7. The monoisotopic (exact) mass is 474 g/mol. The molecule has 3 atom stereocenters. The zero-order valence-corrected chi connectivity index (χ0v) is 20.6. The summed E-state index contributed by atoms with van der Waals surface area (Å²) >= 11 is 1.66. The average Bonchev–Trinajstić information content (AvgIpc) is 3.38. The second-order valence-electron chi connectivity index (χ2n) is 9.36. The van der Waals surface area contributed by atoms with Crippen molar-refractivity contribution in [3.8, 4) is 10.6 Å². The fourth-order valence-electron chi connectivity index (χ4n) is 4.84. The molecular formula is C26H30N6OS. The molecule has 0 radical (unpaired) electrons. The number of aryl methyl sites for hydroxylation is 1. The number of pyridine rings is 1. The summed E-state index contributed by atoms with van der Waals surface area (Å²) in [4.78, 5) is 18.7. The van der Waals surface area contributed by atoms with Crippen LogP contribution in [0.1, 0.15) is 37.9 Å². The van der Waals surface area contributed by atoms with Crippen LogP contribution in [0.5, 0.6) is 0 Å². The fourth-order valence-corrected chi connectivity index (χ4v) is 5.90. The van der Waals surface area contributed by atoms with E-state index < -0.39 is 0 Å². The predicted octanol–water partition coefficient (Wildman–Crippen LogP) is 5.28. The van der Waals surface area contributed by atoms with Crippen molar-refractivity contribution < 1.29 is 5.11 Å². The predicted molar refractivity (Wildman–Crippen MR) is 138 cm³/mol. The van der Waals surface area contributed by atoms with Gasteiger partial charge >= 0.3 is 0 Å². The number of aliphatic hydroxyl groups excluding tert-OH is 1. The number of benzene rings is 1. The molecule has 1 aliphatic rings. The standard InChI is InChI=1S/C26H30N6OS/c1-16-19(15-33)8-11-26(16,3)32-23-22(24-30-20-6-4-5-7-21(20)34-24)17(2)29-25(31-23)28-14-18-9-12-27-13-10-18/h4-7,9-10,12-13,16,19,33H,8,11,14-15H2,1-3H3,(H2,28,29,31,32). The van der Waals surface area contributed by atoms with Crippen LogP contribution in [0.15, 0.2) is 48.8 Å². The van der Waals surface area contributed by atoms with E-state index in [1.165, 1.54) is 0 Å². The van der Waals surface area contributed by atoms with Crippen LogP contribution < -0.4 is 10.6 Å². The third-order valence-electron chi connectivity index (χ3n) is 7.18. The van der Waals surface area contributed by atoms with Gasteiger partial charge in [-0.25, -0.2) is 9.97 Å². The minimum absolute atomic E-state index is 0.179. The lowest BCUT2D eigenvalue weighted by Gasteiger charge is -2.34. The molecule has 176 valence electrons. The molecule has 0 amide bonds. The van der Waals surface area contributed by atoms with Crippen LogP contribution in [0.3, 0.4) is 0 Å². The van der Waals surface area contributed by atoms with Crippen LogP contribution in [0.2, 0.25) is 0 Å². The highest BCUT2D eigenvalue weighted by atomic mass is 32.1. The van der Waals surface area contributed by atoms with Crippen LogP contribution >= 0.6 is 11.3 Å². The SMILES string of the molecule is Cc1nc(NCc2ccncc2)nc(NC2(C)CCC(CO)C2C)c1-c1nc2ccccc2s1. The Morgan fingerprint density at radius 2 is 1.91 bits per heavy atom. The number of nitrogens with one attached hydrogen (secondary N) is 2. The fraction of sp³-hybridized carbons (Fsp3) is 0.385. The highest BCUT2D eigenvalue weighted by Gasteiger charge is 2.42. The number of para-hydroxylation sites is 1. The number of rotatable bonds is 7. The smallest absolute Gasteiger partial charge is 0.225 e. The van der Waals surface area contributed by atoms with E-state index in [2.05, 4.69) is 35.5 Å². The third-order valence-corrected chi connectivity index (χ3v) is 8.24. The molecule has 1 fully saturated rings. The van der Waals surface area contributed by atoms with Gasteiger partial charge in [-0.1, -0.05) is 19.1 Å². The lowest BCUT2D eigenvalue weighted by atomic mass is 9.86. The van der Waals surface area contributed by atoms with Gasteiger partial charge in [0.1, 0.15) is 10.8 Å². The Bertz CT molecular complexity index is 1260. The second-order valence-corrected chi connectivity index (χ2v) is 10.4. The maximum absolute atomic E-state index is 9.84. The molecule has 3 aromatic heterocycles. The van der Waals surface area contributed by atoms with E-state index >= 15 is 0 Å². The van der Waals surface area contributed by atoms with Crippen molar-refractivity contribution in [3.63, 3.8) is 0 Å². The van der Waals surface area contributed by atoms with Crippen molar-refractivity contribution in [2.45, 2.75) is 45.7 Å². The summed E-state index contributed by atoms with van der Waals surface area (Å²) in [5.74, 6) is 1.96. The molecule has 1 aliphatic carbocycles. The van der Waals surface area contributed by atoms with Gasteiger partial charge in [0.05, 0.1) is 21.5 Å². The summed E-state index contributed by atoms with van der Waals surface area (Å²) in [6.07, 6.45) is 5.54. The lowest BCUT2D eigenvalue weighted by molar-refractivity contribution is 0.187. The van der Waals surface area contributed by atoms with Gasteiger partial charge in [0.15, 0.2) is 0 Å². The molecule has 0 aliphatic heterocycles. The van der Waals surface area contributed by atoms with Crippen LogP contribution in [0.25, 0.3) is 20.8 Å². The van der Waals surface area contributed by atoms with Crippen LogP contribution in [0, 0.1) is 18.8 Å². The van der Waals surface area contributed by atoms with Gasteiger partial charge in [0.25, 0.3) is 0 Å². The molecule has 0 spiro atoms. The Hall–Kier alpha value is -3.10. The van der Waals surface area contributed by atoms with Gasteiger partial charge in [-0.15, -0.1) is 11.3 Å². The number of hydrogen-bond donors (Lipinski definition) is 3. The number of anilines is 2. The normalized spacial score (nSPS) is 22.2. The molecule has 1 aromatic carbocycles. The summed E-state index contributed by atoms with van der Waals surface area (Å²) in [6, 6.07) is 12.1. The molecule has 3 N–H and O–H groups in total. The first-order valence-electron chi connectivity index (χ1n) is 11.7. The molecule has 0 bridgehead atoms. The molecule has 34 heavy (non-hydrogen) atoms. The minimum Gasteiger partial charge on any atom is -0.396 e. The van der Waals surface area contributed by atoms with E-state index in [-0.39, 0.29) is 18.1 Å². The summed E-state index contributed by atoms with van der Waals surface area (Å²) in [5.41, 5.74) is 3.73. The van der Waals surface area contributed by atoms with Gasteiger partial charge in [0, 0.05) is 31.1 Å². The van der Waals surface area contributed by atoms with E-state index in [1.807, 2.05) is 37.3 Å². The minimum atomic E-state index is -0.179. The van der Waals surface area contributed by atoms with Crippen LogP contribution in [0.4, 0.5) is 11.8 Å². The lowest BCUT2D eigenvalue weighted by Crippen LogP contribution is -2.40. The van der Waals surface area contributed by atoms with Gasteiger partial charge < -0.3 is 15.7 Å². The highest BCUT2D eigenvalue weighted by Crippen LogP contribution is 2.44. The molecule has 7 nitrogen and oxygen atoms in total. The van der Waals surface area contributed by atoms with Crippen molar-refractivity contribution in [2.75, 3.05) is 17.2 Å². The Morgan fingerprint density at radius 3 is 2.65 bits per heavy atom. The first-order valence-corrected chi connectivity index (χ1v) is 12.5. The maximum atomic E-state index is 9.84. The van der Waals surface area contributed by atoms with Gasteiger partial charge in [-0.2, -0.15) is 4.98 Å². The van der Waals surface area contributed by atoms with Crippen molar-refractivity contribution in [3.05, 3.63) is 60.0 Å². The number of aliphatic hydroxyl groups is 1. The summed E-state index contributed by atoms with van der Waals surface area (Å²) in [5, 5.41) is 17.9. The number of aromatic nitrogens is 4. The van der Waals surface area contributed by atoms with Crippen molar-refractivity contribution in [1.29, 1.82) is 0 Å². The summed E-state index contributed by atoms with van der Waals surface area (Å²) < 4.78 is 1.14. The molecule has 8 heteroatoms. The highest BCUT2D eigenvalue weighted by molar-refractivity contribution is 7.21. The summed E-state index contributed by atoms with van der Waals surface area (Å²) in [6.45, 7) is 7.29. The van der Waals surface area contributed by atoms with Crippen LogP contribution in [-0.4, -0.2) is 37.2 Å². The quantitative estimate of drug-likeness (QED) is 0.335. The second kappa shape index (κ2) is 9.27. The van der Waals surface area contributed by atoms with E-state index in [0.29, 0.717) is 18.4 Å². The number of hydrogen-bond acceptors (Lipinski definition) is 8. The zero-order chi connectivity index (χ0) is 23.7. The van der Waals surface area contributed by atoms with E-state index in [0.717, 1.165) is 50.7 Å². The molecule has 3 heterocycles. The molecule has 3 unspecified atom stereocenters. The first-order chi connectivity index (χ1) is 16.5. The van der Waals surface area contributed by atoms with Gasteiger partial charge in [0.2, 0.25) is 5.95 Å². The van der Waals surface area contributed by atoms with E-state index in [9.17, 15) is 5.11 Å². The maximum Gasteiger partial charge on any atom is 0.225 e. The van der Waals surface area contributed by atoms with E-state index in [1.54, 1.807) is 23.7 Å². The number of fused-ring (bicyclic) bond motifs is 1. The van der Waals surface area contributed by atoms with Crippen molar-refractivity contribution in [2.24, 2.45) is 11.8 Å². The average molecular weight is 475 g/mol. The Kier molecular flexibility index (Phi) is 6.18. The Morgan fingerprint density at radius 1 is 1.12 bits per heavy atom. The van der Waals surface area contributed by atoms with Gasteiger partial charge in [-0.05, 0) is 68.4 Å². The third kappa shape index (κ3) is 4.35. The Balaban J connectivity index is 1.54. The molecule has 5 rings (SSSR count). The number of thiazole rings is 1. The molecule has 4 aromatic rings. The largest absolute Gasteiger partial charge is 0.396 e. The topological polar surface area (TPSA) is 95.9 Å². The van der Waals surface area contributed by atoms with Crippen molar-refractivity contribution >= 4 is 33.3 Å². The molecule has 1 saturated carbocycles. The number of nitrogens with zero attached hydrogens (tertiary/aromatic N) is 4.